The number of alkyl halides is 3. The summed E-state index contributed by atoms with van der Waals surface area (Å²) >= 11 is 1.99. The van der Waals surface area contributed by atoms with E-state index in [0.29, 0.717) is 12.8 Å². The highest BCUT2D eigenvalue weighted by atomic mass is 79.9. The van der Waals surface area contributed by atoms with Gasteiger partial charge in [0, 0.05) is 29.0 Å². The number of β-amino-alcohol motifs (C(OH)–C–C–N with tert-alkyl or cyclic N) is 1. The van der Waals surface area contributed by atoms with Gasteiger partial charge in [0.05, 0.1) is 6.10 Å². The molecule has 6 heteroatoms. The van der Waals surface area contributed by atoms with Gasteiger partial charge >= 0.3 is 10.7 Å². The third-order valence-corrected chi connectivity index (χ3v) is 2.27. The van der Waals surface area contributed by atoms with Crippen molar-refractivity contribution in [1.82, 2.24) is 4.90 Å². The molecule has 1 heterocycles. The van der Waals surface area contributed by atoms with Gasteiger partial charge in [-0.3, -0.25) is 4.79 Å². The number of likely N-dealkylation sites (tertiary alicyclic amines) is 1. The number of hydrogen-bond donors (Lipinski definition) is 1. The van der Waals surface area contributed by atoms with Crippen molar-refractivity contribution in [3.63, 3.8) is 0 Å². The second kappa shape index (κ2) is 3.88. The number of hydrogen-bond acceptors (Lipinski definition) is 2. The lowest BCUT2D eigenvalue weighted by Gasteiger charge is -2.31. The molecule has 1 amide bonds. The van der Waals surface area contributed by atoms with E-state index in [9.17, 15) is 13.6 Å². The number of piperidine rings is 1. The fraction of sp³-hybridized carbons (Fsp3) is 0.857. The summed E-state index contributed by atoms with van der Waals surface area (Å²) in [6.07, 6.45) is 0.459. The average molecular weight is 258 g/mol. The molecule has 0 aromatic heterocycles. The number of carbonyl (C=O) groups excluding carboxylic acids is 1. The normalized spacial score (nSPS) is 24.6. The monoisotopic (exact) mass is 257 g/mol. The van der Waals surface area contributed by atoms with Gasteiger partial charge in [-0.1, -0.05) is 0 Å². The van der Waals surface area contributed by atoms with Crippen LogP contribution in [0.1, 0.15) is 12.8 Å². The van der Waals surface area contributed by atoms with E-state index in [1.165, 1.54) is 0 Å². The molecule has 0 spiro atoms. The van der Waals surface area contributed by atoms with Gasteiger partial charge in [-0.25, -0.2) is 0 Å². The first-order valence-corrected chi connectivity index (χ1v) is 4.74. The Kier molecular flexibility index (Phi) is 3.23. The molecule has 0 aromatic carbocycles. The lowest BCUT2D eigenvalue weighted by atomic mass is 10.1. The Bertz CT molecular complexity index is 207. The first-order chi connectivity index (χ1) is 5.91. The van der Waals surface area contributed by atoms with Crippen LogP contribution in [0.5, 0.6) is 0 Å². The molecular weight excluding hydrogens is 248 g/mol. The van der Waals surface area contributed by atoms with E-state index in [2.05, 4.69) is 0 Å². The highest BCUT2D eigenvalue weighted by molar-refractivity contribution is 9.10. The van der Waals surface area contributed by atoms with Crippen molar-refractivity contribution in [1.29, 1.82) is 0 Å². The highest BCUT2D eigenvalue weighted by Crippen LogP contribution is 2.26. The Morgan fingerprint density at radius 1 is 1.62 bits per heavy atom. The van der Waals surface area contributed by atoms with E-state index in [1.807, 2.05) is 15.9 Å². The van der Waals surface area contributed by atoms with Gasteiger partial charge in [0.2, 0.25) is 0 Å². The van der Waals surface area contributed by atoms with Crippen LogP contribution in [0.4, 0.5) is 8.78 Å². The van der Waals surface area contributed by atoms with Crippen molar-refractivity contribution in [2.45, 2.75) is 23.8 Å². The van der Waals surface area contributed by atoms with E-state index < -0.39 is 16.8 Å². The SMILES string of the molecule is O=C(N1CCC[C@H](O)C1)C(F)(F)Br. The first kappa shape index (κ1) is 10.8. The van der Waals surface area contributed by atoms with Crippen LogP contribution in [0.25, 0.3) is 0 Å². The molecule has 1 atom stereocenters. The Morgan fingerprint density at radius 2 is 2.23 bits per heavy atom. The molecule has 13 heavy (non-hydrogen) atoms. The minimum Gasteiger partial charge on any atom is -0.391 e. The number of rotatable bonds is 1. The van der Waals surface area contributed by atoms with Crippen LogP contribution in [0.15, 0.2) is 0 Å². The predicted molar refractivity (Wildman–Crippen MR) is 45.7 cm³/mol. The van der Waals surface area contributed by atoms with Crippen LogP contribution < -0.4 is 0 Å². The van der Waals surface area contributed by atoms with Crippen molar-refractivity contribution in [2.24, 2.45) is 0 Å². The number of nitrogens with zero attached hydrogens (tertiary/aromatic N) is 1. The Hall–Kier alpha value is -0.230. The van der Waals surface area contributed by atoms with Gasteiger partial charge < -0.3 is 10.0 Å². The quantitative estimate of drug-likeness (QED) is 0.711. The molecule has 0 aromatic rings. The minimum atomic E-state index is -3.51. The molecule has 0 saturated carbocycles. The fourth-order valence-electron chi connectivity index (χ4n) is 1.32. The molecule has 1 rings (SSSR count). The summed E-state index contributed by atoms with van der Waals surface area (Å²) in [7, 11) is 0. The number of amides is 1. The third kappa shape index (κ3) is 2.87. The summed E-state index contributed by atoms with van der Waals surface area (Å²) in [6.45, 7) is 0.289. The van der Waals surface area contributed by atoms with E-state index in [1.54, 1.807) is 0 Å². The van der Waals surface area contributed by atoms with Crippen LogP contribution in [0.2, 0.25) is 0 Å². The van der Waals surface area contributed by atoms with Crippen LogP contribution in [-0.4, -0.2) is 39.9 Å². The van der Waals surface area contributed by atoms with Gasteiger partial charge in [-0.2, -0.15) is 8.78 Å². The fourth-order valence-corrected chi connectivity index (χ4v) is 1.57. The largest absolute Gasteiger partial charge is 0.391 e. The van der Waals surface area contributed by atoms with Gasteiger partial charge in [0.25, 0.3) is 0 Å². The zero-order chi connectivity index (χ0) is 10.1. The number of aliphatic hydroxyl groups is 1. The number of halogens is 3. The van der Waals surface area contributed by atoms with E-state index in [4.69, 9.17) is 5.11 Å². The first-order valence-electron chi connectivity index (χ1n) is 3.95. The molecule has 1 aliphatic heterocycles. The number of carbonyl (C=O) groups is 1. The van der Waals surface area contributed by atoms with Crippen LogP contribution in [0, 0.1) is 0 Å². The number of aliphatic hydroxyl groups excluding tert-OH is 1. The van der Waals surface area contributed by atoms with Crippen molar-refractivity contribution in [3.8, 4) is 0 Å². The van der Waals surface area contributed by atoms with Crippen LogP contribution >= 0.6 is 15.9 Å². The molecule has 3 nitrogen and oxygen atoms in total. The van der Waals surface area contributed by atoms with Crippen LogP contribution in [-0.2, 0) is 4.79 Å². The molecule has 0 radical (unpaired) electrons. The van der Waals surface area contributed by atoms with E-state index in [-0.39, 0.29) is 13.1 Å². The van der Waals surface area contributed by atoms with Gasteiger partial charge in [0.15, 0.2) is 0 Å². The molecule has 1 saturated heterocycles. The van der Waals surface area contributed by atoms with E-state index in [0.717, 1.165) is 4.90 Å². The zero-order valence-electron chi connectivity index (χ0n) is 6.84. The molecular formula is C7H10BrF2NO2. The lowest BCUT2D eigenvalue weighted by molar-refractivity contribution is -0.148. The van der Waals surface area contributed by atoms with E-state index >= 15 is 0 Å². The predicted octanol–water partition coefficient (Wildman–Crippen LogP) is 0.957. The maximum atomic E-state index is 12.5. The van der Waals surface area contributed by atoms with Crippen molar-refractivity contribution < 1.29 is 18.7 Å². The van der Waals surface area contributed by atoms with Gasteiger partial charge in [-0.15, -0.1) is 0 Å². The molecule has 0 aliphatic carbocycles. The molecule has 1 fully saturated rings. The third-order valence-electron chi connectivity index (χ3n) is 1.93. The second-order valence-corrected chi connectivity index (χ2v) is 4.04. The summed E-state index contributed by atoms with van der Waals surface area (Å²) in [5, 5.41) is 9.14. The zero-order valence-corrected chi connectivity index (χ0v) is 8.43. The lowest BCUT2D eigenvalue weighted by Crippen LogP contribution is -2.47. The van der Waals surface area contributed by atoms with Crippen molar-refractivity contribution in [2.75, 3.05) is 13.1 Å². The van der Waals surface area contributed by atoms with Gasteiger partial charge in [-0.05, 0) is 12.8 Å². The van der Waals surface area contributed by atoms with Crippen LogP contribution in [0.3, 0.4) is 0 Å². The molecule has 1 aliphatic rings. The Balaban J connectivity index is 2.56. The maximum Gasteiger partial charge on any atom is 0.377 e. The van der Waals surface area contributed by atoms with Gasteiger partial charge in [0.1, 0.15) is 0 Å². The Morgan fingerprint density at radius 3 is 2.69 bits per heavy atom. The molecule has 0 unspecified atom stereocenters. The van der Waals surface area contributed by atoms with Crippen molar-refractivity contribution >= 4 is 21.8 Å². The summed E-state index contributed by atoms with van der Waals surface area (Å²) in [4.78, 5) is 8.45. The second-order valence-electron chi connectivity index (χ2n) is 3.04. The Labute approximate surface area is 82.8 Å². The highest BCUT2D eigenvalue weighted by Gasteiger charge is 2.40. The molecule has 76 valence electrons. The summed E-state index contributed by atoms with van der Waals surface area (Å²) < 4.78 is 24.9. The van der Waals surface area contributed by atoms with Crippen molar-refractivity contribution in [3.05, 3.63) is 0 Å². The summed E-state index contributed by atoms with van der Waals surface area (Å²) in [5.74, 6) is -1.27. The average Bonchev–Trinajstić information content (AvgIpc) is 2.01. The minimum absolute atomic E-state index is 0.0000231. The maximum absolute atomic E-state index is 12.5. The smallest absolute Gasteiger partial charge is 0.377 e. The molecule has 1 N–H and O–H groups in total. The topological polar surface area (TPSA) is 40.5 Å². The standard InChI is InChI=1S/C7H10BrF2NO2/c8-7(9,10)6(13)11-3-1-2-5(12)4-11/h5,12H,1-4H2/t5-/m0/s1. The molecule has 0 bridgehead atoms. The summed E-state index contributed by atoms with van der Waals surface area (Å²) in [6, 6.07) is 0. The summed E-state index contributed by atoms with van der Waals surface area (Å²) in [5.41, 5.74) is 0.